The normalized spacial score (nSPS) is 11.4. The molecule has 0 atom stereocenters. The zero-order valence-corrected chi connectivity index (χ0v) is 12.5. The summed E-state index contributed by atoms with van der Waals surface area (Å²) < 4.78 is 53.2. The average molecular weight is 353 g/mol. The van der Waals surface area contributed by atoms with Gasteiger partial charge in [-0.25, -0.2) is 17.2 Å². The Morgan fingerprint density at radius 3 is 2.43 bits per heavy atom. The summed E-state index contributed by atoms with van der Waals surface area (Å²) in [5.41, 5.74) is 5.03. The maximum atomic E-state index is 13.7. The quantitative estimate of drug-likeness (QED) is 0.828. The van der Waals surface area contributed by atoms with Gasteiger partial charge in [0.25, 0.3) is 10.0 Å². The van der Waals surface area contributed by atoms with Crippen molar-refractivity contribution in [3.05, 3.63) is 52.0 Å². The fraction of sp³-hybridized carbons (Fsp3) is 0. The second-order valence-electron chi connectivity index (χ2n) is 4.04. The summed E-state index contributed by atoms with van der Waals surface area (Å²) in [6, 6.07) is 5.53. The maximum Gasteiger partial charge on any atom is 0.265 e. The number of halogens is 4. The fourth-order valence-electron chi connectivity index (χ4n) is 1.55. The molecule has 4 nitrogen and oxygen atoms in total. The Kier molecular flexibility index (Phi) is 4.27. The van der Waals surface area contributed by atoms with Crippen molar-refractivity contribution in [3.8, 4) is 0 Å². The molecule has 0 radical (unpaired) electrons. The number of rotatable bonds is 3. The Morgan fingerprint density at radius 1 is 1.10 bits per heavy atom. The van der Waals surface area contributed by atoms with E-state index in [-0.39, 0.29) is 21.4 Å². The van der Waals surface area contributed by atoms with Gasteiger partial charge in [0.2, 0.25) is 0 Å². The van der Waals surface area contributed by atoms with E-state index in [0.29, 0.717) is 6.07 Å². The van der Waals surface area contributed by atoms with Gasteiger partial charge in [-0.2, -0.15) is 0 Å². The van der Waals surface area contributed by atoms with E-state index < -0.39 is 26.6 Å². The molecule has 0 aliphatic heterocycles. The van der Waals surface area contributed by atoms with Gasteiger partial charge in [0.1, 0.15) is 4.90 Å². The topological polar surface area (TPSA) is 72.2 Å². The molecule has 21 heavy (non-hydrogen) atoms. The van der Waals surface area contributed by atoms with Crippen LogP contribution in [-0.4, -0.2) is 8.42 Å². The van der Waals surface area contributed by atoms with E-state index in [9.17, 15) is 17.2 Å². The largest absolute Gasteiger partial charge is 0.399 e. The van der Waals surface area contributed by atoms with Gasteiger partial charge < -0.3 is 5.73 Å². The van der Waals surface area contributed by atoms with Crippen LogP contribution >= 0.6 is 23.2 Å². The summed E-state index contributed by atoms with van der Waals surface area (Å²) in [6.45, 7) is 0. The number of hydrogen-bond acceptors (Lipinski definition) is 3. The molecule has 0 spiro atoms. The van der Waals surface area contributed by atoms with Crippen LogP contribution in [0.4, 0.5) is 20.2 Å². The van der Waals surface area contributed by atoms with E-state index in [1.807, 2.05) is 4.72 Å². The number of sulfonamides is 1. The molecule has 0 saturated heterocycles. The van der Waals surface area contributed by atoms with E-state index in [2.05, 4.69) is 0 Å². The van der Waals surface area contributed by atoms with Gasteiger partial charge >= 0.3 is 0 Å². The summed E-state index contributed by atoms with van der Waals surface area (Å²) in [6.07, 6.45) is 0. The number of nitrogens with two attached hydrogens (primary N) is 1. The Hall–Kier alpha value is -1.57. The number of nitrogens with one attached hydrogen (secondary N) is 1. The van der Waals surface area contributed by atoms with E-state index in [4.69, 9.17) is 28.9 Å². The third-order valence-electron chi connectivity index (χ3n) is 2.48. The van der Waals surface area contributed by atoms with Crippen LogP contribution in [0.3, 0.4) is 0 Å². The SMILES string of the molecule is Nc1cc(F)c(F)c(S(=O)(=O)Nc2cc(Cl)ccc2Cl)c1. The molecule has 2 rings (SSSR count). The number of hydrogen-bond donors (Lipinski definition) is 2. The molecule has 0 saturated carbocycles. The first kappa shape index (κ1) is 15.8. The highest BCUT2D eigenvalue weighted by Crippen LogP contribution is 2.29. The molecule has 0 aliphatic rings. The Balaban J connectivity index is 2.51. The third-order valence-corrected chi connectivity index (χ3v) is 4.41. The number of anilines is 2. The lowest BCUT2D eigenvalue weighted by Gasteiger charge is -2.11. The molecule has 2 aromatic carbocycles. The fourth-order valence-corrected chi connectivity index (χ4v) is 3.14. The van der Waals surface area contributed by atoms with E-state index in [0.717, 1.165) is 6.07 Å². The average Bonchev–Trinajstić information content (AvgIpc) is 2.37. The third kappa shape index (κ3) is 3.37. The molecular weight excluding hydrogens is 345 g/mol. The van der Waals surface area contributed by atoms with Gasteiger partial charge in [-0.05, 0) is 30.3 Å². The Bertz CT molecular complexity index is 813. The van der Waals surface area contributed by atoms with Gasteiger partial charge in [0.05, 0.1) is 10.7 Å². The second kappa shape index (κ2) is 5.67. The lowest BCUT2D eigenvalue weighted by molar-refractivity contribution is 0.486. The zero-order chi connectivity index (χ0) is 15.8. The Morgan fingerprint density at radius 2 is 1.76 bits per heavy atom. The minimum absolute atomic E-state index is 0.0489. The van der Waals surface area contributed by atoms with Crippen molar-refractivity contribution in [1.29, 1.82) is 0 Å². The first-order valence-corrected chi connectivity index (χ1v) is 7.67. The zero-order valence-electron chi connectivity index (χ0n) is 10.2. The molecule has 2 aromatic rings. The minimum atomic E-state index is -4.42. The molecule has 0 fully saturated rings. The van der Waals surface area contributed by atoms with Crippen molar-refractivity contribution in [2.45, 2.75) is 4.90 Å². The van der Waals surface area contributed by atoms with Crippen LogP contribution in [-0.2, 0) is 10.0 Å². The highest BCUT2D eigenvalue weighted by atomic mass is 35.5. The van der Waals surface area contributed by atoms with Crippen molar-refractivity contribution in [2.24, 2.45) is 0 Å². The molecule has 0 amide bonds. The van der Waals surface area contributed by atoms with Gasteiger partial charge in [0, 0.05) is 10.7 Å². The van der Waals surface area contributed by atoms with Crippen LogP contribution in [0.1, 0.15) is 0 Å². The summed E-state index contributed by atoms with van der Waals surface area (Å²) >= 11 is 11.5. The molecule has 9 heteroatoms. The maximum absolute atomic E-state index is 13.7. The van der Waals surface area contributed by atoms with Crippen molar-refractivity contribution in [3.63, 3.8) is 0 Å². The van der Waals surface area contributed by atoms with E-state index in [1.165, 1.54) is 18.2 Å². The highest BCUT2D eigenvalue weighted by molar-refractivity contribution is 7.92. The smallest absolute Gasteiger partial charge is 0.265 e. The van der Waals surface area contributed by atoms with Crippen molar-refractivity contribution >= 4 is 44.6 Å². The van der Waals surface area contributed by atoms with Crippen molar-refractivity contribution in [2.75, 3.05) is 10.5 Å². The summed E-state index contributed by atoms with van der Waals surface area (Å²) in [5, 5.41) is 0.268. The molecule has 3 N–H and O–H groups in total. The molecule has 112 valence electrons. The molecular formula is C12H8Cl2F2N2O2S. The van der Waals surface area contributed by atoms with Gasteiger partial charge in [-0.1, -0.05) is 23.2 Å². The highest BCUT2D eigenvalue weighted by Gasteiger charge is 2.23. The van der Waals surface area contributed by atoms with Gasteiger partial charge in [-0.15, -0.1) is 0 Å². The van der Waals surface area contributed by atoms with Crippen LogP contribution in [0.25, 0.3) is 0 Å². The second-order valence-corrected chi connectivity index (χ2v) is 6.54. The van der Waals surface area contributed by atoms with Gasteiger partial charge in [0.15, 0.2) is 11.6 Å². The molecule has 0 heterocycles. The number of benzene rings is 2. The first-order valence-electron chi connectivity index (χ1n) is 5.43. The van der Waals surface area contributed by atoms with E-state index in [1.54, 1.807) is 0 Å². The monoisotopic (exact) mass is 352 g/mol. The first-order chi connectivity index (χ1) is 9.70. The van der Waals surface area contributed by atoms with Crippen LogP contribution in [0.2, 0.25) is 10.0 Å². The summed E-state index contributed by atoms with van der Waals surface area (Å²) in [5.74, 6) is -2.90. The minimum Gasteiger partial charge on any atom is -0.399 e. The lowest BCUT2D eigenvalue weighted by Crippen LogP contribution is -2.16. The van der Waals surface area contributed by atoms with E-state index >= 15 is 0 Å². The Labute approximate surface area is 129 Å². The lowest BCUT2D eigenvalue weighted by atomic mass is 10.3. The van der Waals surface area contributed by atoms with Crippen LogP contribution in [0.5, 0.6) is 0 Å². The predicted molar refractivity (Wildman–Crippen MR) is 78.0 cm³/mol. The van der Waals surface area contributed by atoms with Crippen LogP contribution in [0, 0.1) is 11.6 Å². The van der Waals surface area contributed by atoms with Crippen LogP contribution < -0.4 is 10.5 Å². The number of nitrogen functional groups attached to an aromatic ring is 1. The summed E-state index contributed by atoms with van der Waals surface area (Å²) in [7, 11) is -4.42. The molecule has 0 aliphatic carbocycles. The molecule has 0 bridgehead atoms. The van der Waals surface area contributed by atoms with Crippen LogP contribution in [0.15, 0.2) is 35.2 Å². The summed E-state index contributed by atoms with van der Waals surface area (Å²) in [4.78, 5) is -0.920. The van der Waals surface area contributed by atoms with Gasteiger partial charge in [-0.3, -0.25) is 4.72 Å². The molecule has 0 aromatic heterocycles. The standard InChI is InChI=1S/C12H8Cl2F2N2O2S/c13-6-1-2-8(14)10(3-6)18-21(19,20)11-5-7(17)4-9(15)12(11)16/h1-5,18H,17H2. The van der Waals surface area contributed by atoms with Crippen molar-refractivity contribution in [1.82, 2.24) is 0 Å². The molecule has 0 unspecified atom stereocenters. The predicted octanol–water partition coefficient (Wildman–Crippen LogP) is 3.65. The van der Waals surface area contributed by atoms with Crippen molar-refractivity contribution < 1.29 is 17.2 Å².